The lowest BCUT2D eigenvalue weighted by molar-refractivity contribution is 0.0589. The number of rotatable bonds is 8. The van der Waals surface area contributed by atoms with E-state index in [0.29, 0.717) is 18.1 Å². The Morgan fingerprint density at radius 1 is 1.05 bits per heavy atom. The minimum atomic E-state index is -1.87. The van der Waals surface area contributed by atoms with Crippen LogP contribution in [0.3, 0.4) is 0 Å². The van der Waals surface area contributed by atoms with Gasteiger partial charge < -0.3 is 18.3 Å². The predicted octanol–water partition coefficient (Wildman–Crippen LogP) is 8.05. The standard InChI is InChI=1S/C29H42N2O5Si/c1-11-22(36-37(9,10)29(5,6)7)19-33-23-16-17-25-24(18-23)30-26(34-25)20-12-14-21(15-13-20)31(8)27(32)35-28(2,3)4/h12-18,22H,11,19H2,1-10H3/t22-/m1/s1. The van der Waals surface area contributed by atoms with E-state index in [1.54, 1.807) is 7.05 Å². The minimum Gasteiger partial charge on any atom is -0.491 e. The van der Waals surface area contributed by atoms with Gasteiger partial charge in [-0.25, -0.2) is 9.78 Å². The summed E-state index contributed by atoms with van der Waals surface area (Å²) in [6.07, 6.45) is 0.526. The fourth-order valence-electron chi connectivity index (χ4n) is 3.40. The Balaban J connectivity index is 1.69. The molecular formula is C29H42N2O5Si. The highest BCUT2D eigenvalue weighted by molar-refractivity contribution is 6.74. The molecule has 0 spiro atoms. The molecule has 3 rings (SSSR count). The molecule has 0 unspecified atom stereocenters. The zero-order valence-corrected chi connectivity index (χ0v) is 25.0. The maximum Gasteiger partial charge on any atom is 0.414 e. The number of hydrogen-bond donors (Lipinski definition) is 0. The Labute approximate surface area is 222 Å². The highest BCUT2D eigenvalue weighted by atomic mass is 28.4. The normalized spacial score (nSPS) is 13.5. The third kappa shape index (κ3) is 7.35. The predicted molar refractivity (Wildman–Crippen MR) is 152 cm³/mol. The van der Waals surface area contributed by atoms with E-state index in [2.05, 4.69) is 45.8 Å². The van der Waals surface area contributed by atoms with E-state index in [1.165, 1.54) is 4.90 Å². The summed E-state index contributed by atoms with van der Waals surface area (Å²) in [7, 11) is -0.184. The number of fused-ring (bicyclic) bond motifs is 1. The molecule has 2 aromatic carbocycles. The summed E-state index contributed by atoms with van der Waals surface area (Å²) in [6.45, 7) is 19.4. The van der Waals surface area contributed by atoms with Crippen molar-refractivity contribution < 1.29 is 23.1 Å². The van der Waals surface area contributed by atoms with Crippen molar-refractivity contribution >= 4 is 31.2 Å². The molecule has 0 N–H and O–H groups in total. The number of ether oxygens (including phenoxy) is 2. The molecular weight excluding hydrogens is 484 g/mol. The van der Waals surface area contributed by atoms with E-state index in [9.17, 15) is 4.79 Å². The van der Waals surface area contributed by atoms with Crippen molar-refractivity contribution in [2.75, 3.05) is 18.6 Å². The molecule has 1 amide bonds. The first-order valence-corrected chi connectivity index (χ1v) is 15.8. The number of benzene rings is 2. The lowest BCUT2D eigenvalue weighted by atomic mass is 10.2. The lowest BCUT2D eigenvalue weighted by Crippen LogP contribution is -2.45. The van der Waals surface area contributed by atoms with Crippen molar-refractivity contribution in [3.63, 3.8) is 0 Å². The quantitative estimate of drug-likeness (QED) is 0.276. The van der Waals surface area contributed by atoms with Crippen molar-refractivity contribution in [1.29, 1.82) is 0 Å². The van der Waals surface area contributed by atoms with Crippen LogP contribution in [0.4, 0.5) is 10.5 Å². The van der Waals surface area contributed by atoms with E-state index in [1.807, 2.05) is 63.2 Å². The highest BCUT2D eigenvalue weighted by Gasteiger charge is 2.39. The first-order valence-electron chi connectivity index (χ1n) is 12.9. The van der Waals surface area contributed by atoms with Gasteiger partial charge in [-0.3, -0.25) is 4.90 Å². The molecule has 0 aliphatic heterocycles. The second-order valence-corrected chi connectivity index (χ2v) is 16.7. The molecule has 0 bridgehead atoms. The summed E-state index contributed by atoms with van der Waals surface area (Å²) < 4.78 is 24.1. The number of aromatic nitrogens is 1. The van der Waals surface area contributed by atoms with E-state index in [0.717, 1.165) is 28.9 Å². The van der Waals surface area contributed by atoms with Crippen molar-refractivity contribution in [2.24, 2.45) is 0 Å². The first kappa shape index (κ1) is 28.7. The number of anilines is 1. The van der Waals surface area contributed by atoms with E-state index < -0.39 is 20.0 Å². The summed E-state index contributed by atoms with van der Waals surface area (Å²) in [6, 6.07) is 13.1. The van der Waals surface area contributed by atoms with Gasteiger partial charge in [0.2, 0.25) is 5.89 Å². The Hall–Kier alpha value is -2.84. The molecule has 8 heteroatoms. The van der Waals surface area contributed by atoms with Gasteiger partial charge in [0, 0.05) is 24.4 Å². The topological polar surface area (TPSA) is 74.0 Å². The Morgan fingerprint density at radius 2 is 1.70 bits per heavy atom. The van der Waals surface area contributed by atoms with Gasteiger partial charge in [0.25, 0.3) is 0 Å². The molecule has 0 aliphatic carbocycles. The number of amides is 1. The zero-order chi connectivity index (χ0) is 27.6. The minimum absolute atomic E-state index is 0.0433. The average Bonchev–Trinajstić information content (AvgIpc) is 3.23. The van der Waals surface area contributed by atoms with Gasteiger partial charge in [-0.2, -0.15) is 0 Å². The molecule has 0 saturated heterocycles. The third-order valence-electron chi connectivity index (χ3n) is 6.69. The van der Waals surface area contributed by atoms with Crippen molar-refractivity contribution in [1.82, 2.24) is 4.98 Å². The van der Waals surface area contributed by atoms with Crippen molar-refractivity contribution in [3.8, 4) is 17.2 Å². The molecule has 0 fully saturated rings. The Bertz CT molecular complexity index is 1210. The Morgan fingerprint density at radius 3 is 2.27 bits per heavy atom. The fraction of sp³-hybridized carbons (Fsp3) is 0.517. The second-order valence-electron chi connectivity index (χ2n) is 12.0. The Kier molecular flexibility index (Phi) is 8.44. The summed E-state index contributed by atoms with van der Waals surface area (Å²) in [5.74, 6) is 1.24. The van der Waals surface area contributed by atoms with Crippen molar-refractivity contribution in [2.45, 2.75) is 84.7 Å². The highest BCUT2D eigenvalue weighted by Crippen LogP contribution is 2.37. The zero-order valence-electron chi connectivity index (χ0n) is 24.0. The van der Waals surface area contributed by atoms with E-state index in [4.69, 9.17) is 18.3 Å². The molecule has 0 aliphatic rings. The van der Waals surface area contributed by atoms with E-state index in [-0.39, 0.29) is 11.1 Å². The molecule has 0 saturated carbocycles. The van der Waals surface area contributed by atoms with Crippen LogP contribution < -0.4 is 9.64 Å². The lowest BCUT2D eigenvalue weighted by Gasteiger charge is -2.39. The average molecular weight is 527 g/mol. The SMILES string of the molecule is CC[C@H](COc1ccc2oc(-c3ccc(N(C)C(=O)OC(C)(C)C)cc3)nc2c1)O[Si](C)(C)C(C)(C)C. The largest absolute Gasteiger partial charge is 0.491 e. The van der Waals surface area contributed by atoms with Crippen LogP contribution in [0.25, 0.3) is 22.6 Å². The number of nitrogens with zero attached hydrogens (tertiary/aromatic N) is 2. The van der Waals surface area contributed by atoms with Crippen LogP contribution in [0.15, 0.2) is 46.9 Å². The maximum absolute atomic E-state index is 12.3. The van der Waals surface area contributed by atoms with Crippen LogP contribution >= 0.6 is 0 Å². The monoisotopic (exact) mass is 526 g/mol. The van der Waals surface area contributed by atoms with Gasteiger partial charge >= 0.3 is 6.09 Å². The molecule has 0 radical (unpaired) electrons. The van der Waals surface area contributed by atoms with E-state index >= 15 is 0 Å². The fourth-order valence-corrected chi connectivity index (χ4v) is 4.82. The van der Waals surface area contributed by atoms with Crippen LogP contribution in [0.5, 0.6) is 5.75 Å². The van der Waals surface area contributed by atoms with Crippen LogP contribution in [-0.4, -0.2) is 44.8 Å². The summed E-state index contributed by atoms with van der Waals surface area (Å²) in [5.41, 5.74) is 2.38. The van der Waals surface area contributed by atoms with Crippen molar-refractivity contribution in [3.05, 3.63) is 42.5 Å². The van der Waals surface area contributed by atoms with Gasteiger partial charge in [0.05, 0.1) is 6.10 Å². The van der Waals surface area contributed by atoms with Crippen LogP contribution in [0.2, 0.25) is 18.1 Å². The summed E-state index contributed by atoms with van der Waals surface area (Å²) >= 11 is 0. The molecule has 1 aromatic heterocycles. The molecule has 3 aromatic rings. The number of oxazole rings is 1. The molecule has 7 nitrogen and oxygen atoms in total. The van der Waals surface area contributed by atoms with Gasteiger partial charge in [-0.1, -0.05) is 27.7 Å². The van der Waals surface area contributed by atoms with Gasteiger partial charge in [0.15, 0.2) is 13.9 Å². The summed E-state index contributed by atoms with van der Waals surface area (Å²) in [5, 5.41) is 0.153. The molecule has 37 heavy (non-hydrogen) atoms. The summed E-state index contributed by atoms with van der Waals surface area (Å²) in [4.78, 5) is 18.5. The number of hydrogen-bond acceptors (Lipinski definition) is 6. The second kappa shape index (κ2) is 10.9. The number of carbonyl (C=O) groups excluding carboxylic acids is 1. The third-order valence-corrected chi connectivity index (χ3v) is 11.2. The van der Waals surface area contributed by atoms with Crippen LogP contribution in [0.1, 0.15) is 54.9 Å². The maximum atomic E-state index is 12.3. The smallest absolute Gasteiger partial charge is 0.414 e. The molecule has 1 atom stereocenters. The van der Waals surface area contributed by atoms with Gasteiger partial charge in [-0.15, -0.1) is 0 Å². The first-order chi connectivity index (χ1) is 17.1. The molecule has 1 heterocycles. The molecule has 202 valence electrons. The van der Waals surface area contributed by atoms with Crippen LogP contribution in [0, 0.1) is 0 Å². The van der Waals surface area contributed by atoms with Gasteiger partial charge in [0.1, 0.15) is 23.5 Å². The number of carbonyl (C=O) groups is 1. The van der Waals surface area contributed by atoms with Crippen LogP contribution in [-0.2, 0) is 9.16 Å². The van der Waals surface area contributed by atoms with Gasteiger partial charge in [-0.05, 0) is 81.7 Å².